The van der Waals surface area contributed by atoms with Gasteiger partial charge in [0.2, 0.25) is 5.91 Å². The molecule has 5 heteroatoms. The lowest BCUT2D eigenvalue weighted by Gasteiger charge is -2.22. The third-order valence-electron chi connectivity index (χ3n) is 4.49. The monoisotopic (exact) mass is 382 g/mol. The summed E-state index contributed by atoms with van der Waals surface area (Å²) in [4.78, 5) is 25.8. The number of carbonyl (C=O) groups is 2. The Balaban J connectivity index is 2.00. The summed E-state index contributed by atoms with van der Waals surface area (Å²) in [6.07, 6.45) is 1.86. The van der Waals surface area contributed by atoms with Gasteiger partial charge in [-0.3, -0.25) is 9.59 Å². The van der Waals surface area contributed by atoms with E-state index in [4.69, 9.17) is 10.5 Å². The van der Waals surface area contributed by atoms with Gasteiger partial charge in [-0.15, -0.1) is 0 Å². The highest BCUT2D eigenvalue weighted by atomic mass is 16.5. The Hall–Kier alpha value is -2.82. The van der Waals surface area contributed by atoms with Gasteiger partial charge < -0.3 is 15.4 Å². The van der Waals surface area contributed by atoms with Crippen LogP contribution in [0.1, 0.15) is 42.6 Å². The lowest BCUT2D eigenvalue weighted by molar-refractivity contribution is -0.118. The van der Waals surface area contributed by atoms with Crippen LogP contribution in [0.25, 0.3) is 0 Å². The maximum Gasteiger partial charge on any atom is 0.253 e. The van der Waals surface area contributed by atoms with E-state index in [0.717, 1.165) is 24.2 Å². The Morgan fingerprint density at radius 3 is 2.29 bits per heavy atom. The van der Waals surface area contributed by atoms with Gasteiger partial charge in [0.1, 0.15) is 5.75 Å². The molecule has 0 bridgehead atoms. The van der Waals surface area contributed by atoms with Crippen molar-refractivity contribution < 1.29 is 14.3 Å². The number of nitrogens with two attached hydrogens (primary N) is 1. The van der Waals surface area contributed by atoms with Crippen LogP contribution >= 0.6 is 0 Å². The summed E-state index contributed by atoms with van der Waals surface area (Å²) in [5, 5.41) is 0. The second kappa shape index (κ2) is 11.1. The van der Waals surface area contributed by atoms with E-state index in [0.29, 0.717) is 31.2 Å². The fourth-order valence-electron chi connectivity index (χ4n) is 2.76. The van der Waals surface area contributed by atoms with Crippen molar-refractivity contribution >= 4 is 11.8 Å². The molecule has 2 N–H and O–H groups in total. The molecule has 0 unspecified atom stereocenters. The largest absolute Gasteiger partial charge is 0.494 e. The number of ether oxygens (including phenoxy) is 1. The van der Waals surface area contributed by atoms with Crippen LogP contribution in [0, 0.1) is 5.92 Å². The molecule has 0 fully saturated rings. The quantitative estimate of drug-likeness (QED) is 0.644. The normalized spacial score (nSPS) is 10.7. The zero-order chi connectivity index (χ0) is 20.4. The first-order chi connectivity index (χ1) is 13.5. The minimum Gasteiger partial charge on any atom is -0.494 e. The Bertz CT molecular complexity index is 742. The number of hydrogen-bond donors (Lipinski definition) is 1. The summed E-state index contributed by atoms with van der Waals surface area (Å²) < 4.78 is 5.71. The molecule has 0 aliphatic carbocycles. The second-order valence-corrected chi connectivity index (χ2v) is 7.30. The number of primary amides is 1. The molecule has 28 heavy (non-hydrogen) atoms. The van der Waals surface area contributed by atoms with Crippen molar-refractivity contribution in [1.82, 2.24) is 4.90 Å². The lowest BCUT2D eigenvalue weighted by atomic mass is 10.1. The predicted octanol–water partition coefficient (Wildman–Crippen LogP) is 3.67. The van der Waals surface area contributed by atoms with Crippen molar-refractivity contribution in [3.63, 3.8) is 0 Å². The number of hydrogen-bond acceptors (Lipinski definition) is 3. The molecule has 0 saturated carbocycles. The van der Waals surface area contributed by atoms with Crippen LogP contribution in [0.2, 0.25) is 0 Å². The Kier molecular flexibility index (Phi) is 8.53. The number of amides is 2. The molecule has 0 atom stereocenters. The van der Waals surface area contributed by atoms with Crippen molar-refractivity contribution in [3.8, 4) is 5.75 Å². The highest BCUT2D eigenvalue weighted by Crippen LogP contribution is 2.15. The standard InChI is InChI=1S/C23H30N2O3/c1-18(2)14-17-28-21-10-8-20(9-11-21)23(27)25(16-13-22(24)26)15-12-19-6-4-3-5-7-19/h3-11,18H,12-17H2,1-2H3,(H2,24,26). The molecule has 2 rings (SSSR count). The molecule has 2 aromatic rings. The fourth-order valence-corrected chi connectivity index (χ4v) is 2.76. The molecule has 5 nitrogen and oxygen atoms in total. The van der Waals surface area contributed by atoms with Gasteiger partial charge in [0, 0.05) is 25.1 Å². The summed E-state index contributed by atoms with van der Waals surface area (Å²) >= 11 is 0. The number of benzene rings is 2. The third kappa shape index (κ3) is 7.43. The summed E-state index contributed by atoms with van der Waals surface area (Å²) in [6.45, 7) is 5.81. The first-order valence-corrected chi connectivity index (χ1v) is 9.80. The van der Waals surface area contributed by atoms with Crippen LogP contribution in [-0.4, -0.2) is 36.4 Å². The Morgan fingerprint density at radius 2 is 1.68 bits per heavy atom. The smallest absolute Gasteiger partial charge is 0.253 e. The maximum absolute atomic E-state index is 12.9. The molecule has 0 saturated heterocycles. The highest BCUT2D eigenvalue weighted by Gasteiger charge is 2.16. The predicted molar refractivity (Wildman–Crippen MR) is 111 cm³/mol. The molecule has 2 aromatic carbocycles. The SMILES string of the molecule is CC(C)CCOc1ccc(C(=O)N(CCC(N)=O)CCc2ccccc2)cc1. The second-order valence-electron chi connectivity index (χ2n) is 7.30. The zero-order valence-electron chi connectivity index (χ0n) is 16.8. The van der Waals surface area contributed by atoms with Gasteiger partial charge in [-0.25, -0.2) is 0 Å². The van der Waals surface area contributed by atoms with Crippen molar-refractivity contribution in [3.05, 3.63) is 65.7 Å². The van der Waals surface area contributed by atoms with E-state index < -0.39 is 5.91 Å². The van der Waals surface area contributed by atoms with Crippen molar-refractivity contribution in [2.24, 2.45) is 11.7 Å². The maximum atomic E-state index is 12.9. The average Bonchev–Trinajstić information content (AvgIpc) is 2.68. The van der Waals surface area contributed by atoms with Crippen LogP contribution in [0.15, 0.2) is 54.6 Å². The highest BCUT2D eigenvalue weighted by molar-refractivity contribution is 5.94. The van der Waals surface area contributed by atoms with E-state index in [-0.39, 0.29) is 12.3 Å². The van der Waals surface area contributed by atoms with E-state index in [1.165, 1.54) is 0 Å². The molecular weight excluding hydrogens is 352 g/mol. The van der Waals surface area contributed by atoms with Crippen LogP contribution in [0.3, 0.4) is 0 Å². The van der Waals surface area contributed by atoms with E-state index in [9.17, 15) is 9.59 Å². The van der Waals surface area contributed by atoms with Gasteiger partial charge in [0.25, 0.3) is 5.91 Å². The van der Waals surface area contributed by atoms with Gasteiger partial charge in [0.05, 0.1) is 6.61 Å². The number of nitrogens with zero attached hydrogens (tertiary/aromatic N) is 1. The minimum atomic E-state index is -0.411. The fraction of sp³-hybridized carbons (Fsp3) is 0.391. The molecule has 0 aliphatic rings. The molecule has 150 valence electrons. The minimum absolute atomic E-state index is 0.106. The topological polar surface area (TPSA) is 72.6 Å². The van der Waals surface area contributed by atoms with Crippen molar-refractivity contribution in [2.75, 3.05) is 19.7 Å². The molecule has 2 amide bonds. The van der Waals surface area contributed by atoms with Crippen LogP contribution < -0.4 is 10.5 Å². The molecule has 0 aromatic heterocycles. The number of carbonyl (C=O) groups excluding carboxylic acids is 2. The van der Waals surface area contributed by atoms with Crippen LogP contribution in [-0.2, 0) is 11.2 Å². The number of rotatable bonds is 11. The van der Waals surface area contributed by atoms with Crippen molar-refractivity contribution in [2.45, 2.75) is 33.1 Å². The lowest BCUT2D eigenvalue weighted by Crippen LogP contribution is -2.35. The Labute approximate surface area is 167 Å². The summed E-state index contributed by atoms with van der Waals surface area (Å²) in [7, 11) is 0. The Morgan fingerprint density at radius 1 is 1.00 bits per heavy atom. The van der Waals surface area contributed by atoms with Gasteiger partial charge in [-0.05, 0) is 48.6 Å². The average molecular weight is 383 g/mol. The van der Waals surface area contributed by atoms with E-state index in [1.807, 2.05) is 42.5 Å². The first kappa shape index (κ1) is 21.5. The third-order valence-corrected chi connectivity index (χ3v) is 4.49. The summed E-state index contributed by atoms with van der Waals surface area (Å²) in [5.74, 6) is 0.826. The molecule has 0 radical (unpaired) electrons. The van der Waals surface area contributed by atoms with Crippen LogP contribution in [0.4, 0.5) is 0 Å². The van der Waals surface area contributed by atoms with E-state index in [1.54, 1.807) is 17.0 Å². The van der Waals surface area contributed by atoms with Crippen molar-refractivity contribution in [1.29, 1.82) is 0 Å². The first-order valence-electron chi connectivity index (χ1n) is 9.80. The molecule has 0 heterocycles. The van der Waals surface area contributed by atoms with Gasteiger partial charge >= 0.3 is 0 Å². The van der Waals surface area contributed by atoms with Gasteiger partial charge in [0.15, 0.2) is 0 Å². The van der Waals surface area contributed by atoms with E-state index >= 15 is 0 Å². The van der Waals surface area contributed by atoms with Gasteiger partial charge in [-0.1, -0.05) is 44.2 Å². The van der Waals surface area contributed by atoms with Crippen LogP contribution in [0.5, 0.6) is 5.75 Å². The summed E-state index contributed by atoms with van der Waals surface area (Å²) in [5.41, 5.74) is 7.01. The molecule has 0 spiro atoms. The molecular formula is C23H30N2O3. The van der Waals surface area contributed by atoms with Gasteiger partial charge in [-0.2, -0.15) is 0 Å². The molecule has 0 aliphatic heterocycles. The summed E-state index contributed by atoms with van der Waals surface area (Å²) in [6, 6.07) is 17.1. The van der Waals surface area contributed by atoms with E-state index in [2.05, 4.69) is 13.8 Å². The zero-order valence-corrected chi connectivity index (χ0v) is 16.8.